The summed E-state index contributed by atoms with van der Waals surface area (Å²) in [5, 5.41) is 5.28. The summed E-state index contributed by atoms with van der Waals surface area (Å²) in [7, 11) is 3.11. The summed E-state index contributed by atoms with van der Waals surface area (Å²) in [6.45, 7) is 0. The highest BCUT2D eigenvalue weighted by Crippen LogP contribution is 2.48. The number of aromatic nitrogens is 2. The third-order valence-electron chi connectivity index (χ3n) is 6.61. The van der Waals surface area contributed by atoms with Crippen molar-refractivity contribution in [3.8, 4) is 0 Å². The van der Waals surface area contributed by atoms with E-state index in [1.807, 2.05) is 60.7 Å². The van der Waals surface area contributed by atoms with Gasteiger partial charge >= 0.3 is 5.69 Å². The summed E-state index contributed by atoms with van der Waals surface area (Å²) in [6, 6.07) is 21.3. The Morgan fingerprint density at radius 1 is 0.781 bits per heavy atom. The highest BCUT2D eigenvalue weighted by atomic mass is 16.2. The molecule has 6 heteroatoms. The number of carbonyl (C=O) groups excluding carboxylic acids is 1. The molecule has 1 aliphatic heterocycles. The first kappa shape index (κ1) is 18.6. The zero-order valence-corrected chi connectivity index (χ0v) is 17.5. The number of benzene rings is 3. The second-order valence-corrected chi connectivity index (χ2v) is 8.26. The molecular formula is C26H19N3O3. The van der Waals surface area contributed by atoms with E-state index in [1.165, 1.54) is 11.6 Å². The molecule has 0 fully saturated rings. The maximum absolute atomic E-state index is 13.6. The molecule has 1 aliphatic carbocycles. The van der Waals surface area contributed by atoms with Crippen molar-refractivity contribution in [2.45, 2.75) is 5.92 Å². The van der Waals surface area contributed by atoms with E-state index in [0.717, 1.165) is 26.5 Å². The molecule has 0 unspecified atom stereocenters. The number of nitrogens with zero attached hydrogens (tertiary/aromatic N) is 2. The minimum Gasteiger partial charge on any atom is -0.340 e. The Hall–Kier alpha value is -4.19. The van der Waals surface area contributed by atoms with Gasteiger partial charge in [-0.1, -0.05) is 66.7 Å². The molecule has 0 saturated heterocycles. The fourth-order valence-corrected chi connectivity index (χ4v) is 5.07. The van der Waals surface area contributed by atoms with Crippen LogP contribution in [0.1, 0.15) is 33.0 Å². The van der Waals surface area contributed by atoms with E-state index < -0.39 is 17.2 Å². The van der Waals surface area contributed by atoms with Gasteiger partial charge in [0.05, 0.1) is 11.3 Å². The van der Waals surface area contributed by atoms with E-state index in [-0.39, 0.29) is 5.78 Å². The zero-order chi connectivity index (χ0) is 22.1. The summed E-state index contributed by atoms with van der Waals surface area (Å²) >= 11 is 0. The molecule has 1 N–H and O–H groups in total. The van der Waals surface area contributed by atoms with E-state index in [0.29, 0.717) is 28.2 Å². The molecule has 156 valence electrons. The molecule has 0 saturated carbocycles. The van der Waals surface area contributed by atoms with E-state index in [1.54, 1.807) is 13.1 Å². The quantitative estimate of drug-likeness (QED) is 0.511. The fourth-order valence-electron chi connectivity index (χ4n) is 5.07. The Bertz CT molecular complexity index is 1630. The lowest BCUT2D eigenvalue weighted by atomic mass is 9.79. The van der Waals surface area contributed by atoms with Crippen LogP contribution in [-0.4, -0.2) is 14.9 Å². The second kappa shape index (κ2) is 6.40. The van der Waals surface area contributed by atoms with Crippen LogP contribution in [0.5, 0.6) is 0 Å². The summed E-state index contributed by atoms with van der Waals surface area (Å²) in [5.41, 5.74) is 3.07. The van der Waals surface area contributed by atoms with Gasteiger partial charge < -0.3 is 5.32 Å². The number of nitrogens with one attached hydrogen (secondary N) is 1. The van der Waals surface area contributed by atoms with Crippen LogP contribution in [0.15, 0.2) is 81.9 Å². The predicted octanol–water partition coefficient (Wildman–Crippen LogP) is 3.40. The average molecular weight is 421 g/mol. The molecule has 0 radical (unpaired) electrons. The molecular weight excluding hydrogens is 402 g/mol. The van der Waals surface area contributed by atoms with E-state index in [4.69, 9.17) is 0 Å². The van der Waals surface area contributed by atoms with Gasteiger partial charge in [0.2, 0.25) is 0 Å². The van der Waals surface area contributed by atoms with E-state index in [2.05, 4.69) is 5.32 Å². The van der Waals surface area contributed by atoms with Gasteiger partial charge in [0.15, 0.2) is 5.78 Å². The monoisotopic (exact) mass is 421 g/mol. The standard InChI is InChI=1S/C26H19N3O3/c1-28-24-21(25(31)29(2)26(28)32)19(16-13-7-9-14-8-3-4-10-15(14)16)20-22(27-24)17-11-5-6-12-18(17)23(20)30/h3-13,19,27H,1-2H3/t19-/m1/s1. The Labute approximate surface area is 183 Å². The smallest absolute Gasteiger partial charge is 0.332 e. The topological polar surface area (TPSA) is 73.1 Å². The number of allylic oxidation sites excluding steroid dienone is 1. The number of anilines is 1. The van der Waals surface area contributed by atoms with Crippen LogP contribution in [0.2, 0.25) is 0 Å². The molecule has 2 aliphatic rings. The summed E-state index contributed by atoms with van der Waals surface area (Å²) in [6.07, 6.45) is 0. The van der Waals surface area contributed by atoms with Gasteiger partial charge in [-0.2, -0.15) is 0 Å². The average Bonchev–Trinajstić information content (AvgIpc) is 3.12. The Balaban J connectivity index is 1.77. The number of rotatable bonds is 1. The van der Waals surface area contributed by atoms with E-state index >= 15 is 0 Å². The first-order valence-electron chi connectivity index (χ1n) is 10.4. The number of hydrogen-bond donors (Lipinski definition) is 1. The van der Waals surface area contributed by atoms with Crippen molar-refractivity contribution in [2.24, 2.45) is 14.1 Å². The number of hydrogen-bond acceptors (Lipinski definition) is 4. The van der Waals surface area contributed by atoms with Gasteiger partial charge in [0.1, 0.15) is 5.82 Å². The molecule has 2 heterocycles. The molecule has 0 bridgehead atoms. The zero-order valence-electron chi connectivity index (χ0n) is 17.5. The van der Waals surface area contributed by atoms with Crippen molar-refractivity contribution in [1.29, 1.82) is 0 Å². The van der Waals surface area contributed by atoms with Crippen LogP contribution in [0, 0.1) is 0 Å². The maximum Gasteiger partial charge on any atom is 0.332 e. The van der Waals surface area contributed by atoms with Gasteiger partial charge in [-0.05, 0) is 16.3 Å². The van der Waals surface area contributed by atoms with Crippen LogP contribution in [0.25, 0.3) is 16.5 Å². The van der Waals surface area contributed by atoms with Crippen molar-refractivity contribution in [2.75, 3.05) is 5.32 Å². The minimum absolute atomic E-state index is 0.0948. The number of ketones is 1. The molecule has 1 aromatic heterocycles. The SMILES string of the molecule is Cn1c2c(c(=O)n(C)c1=O)[C@H](c1cccc3ccccc13)C1=C(N2)c2ccccc2C1=O. The number of Topliss-reactive ketones (excluding diaryl/α,β-unsaturated/α-hetero) is 1. The van der Waals surface area contributed by atoms with Gasteiger partial charge in [-0.3, -0.25) is 18.7 Å². The number of fused-ring (bicyclic) bond motifs is 4. The van der Waals surface area contributed by atoms with Crippen molar-refractivity contribution in [3.63, 3.8) is 0 Å². The third-order valence-corrected chi connectivity index (χ3v) is 6.61. The normalized spacial score (nSPS) is 16.6. The summed E-state index contributed by atoms with van der Waals surface area (Å²) in [4.78, 5) is 39.8. The molecule has 1 atom stereocenters. The molecule has 6 rings (SSSR count). The molecule has 6 nitrogen and oxygen atoms in total. The maximum atomic E-state index is 13.6. The Morgan fingerprint density at radius 3 is 2.28 bits per heavy atom. The highest BCUT2D eigenvalue weighted by molar-refractivity contribution is 6.24. The van der Waals surface area contributed by atoms with Crippen molar-refractivity contribution in [1.82, 2.24) is 9.13 Å². The number of carbonyl (C=O) groups is 1. The van der Waals surface area contributed by atoms with Gasteiger partial charge in [0, 0.05) is 36.7 Å². The summed E-state index contributed by atoms with van der Waals surface area (Å²) in [5.74, 6) is -0.264. The first-order chi connectivity index (χ1) is 15.5. The lowest BCUT2D eigenvalue weighted by Crippen LogP contribution is -2.42. The largest absolute Gasteiger partial charge is 0.340 e. The Kier molecular flexibility index (Phi) is 3.72. The molecule has 32 heavy (non-hydrogen) atoms. The highest BCUT2D eigenvalue weighted by Gasteiger charge is 2.43. The van der Waals surface area contributed by atoms with Crippen molar-refractivity contribution in [3.05, 3.63) is 115 Å². The molecule has 4 aromatic rings. The van der Waals surface area contributed by atoms with Gasteiger partial charge in [-0.15, -0.1) is 0 Å². The lowest BCUT2D eigenvalue weighted by molar-refractivity contribution is 0.103. The van der Waals surface area contributed by atoms with Crippen molar-refractivity contribution < 1.29 is 4.79 Å². The predicted molar refractivity (Wildman–Crippen MR) is 124 cm³/mol. The minimum atomic E-state index is -0.599. The summed E-state index contributed by atoms with van der Waals surface area (Å²) < 4.78 is 2.56. The second-order valence-electron chi connectivity index (χ2n) is 8.26. The molecule has 0 spiro atoms. The first-order valence-corrected chi connectivity index (χ1v) is 10.4. The molecule has 3 aromatic carbocycles. The fraction of sp³-hybridized carbons (Fsp3) is 0.115. The third kappa shape index (κ3) is 2.26. The van der Waals surface area contributed by atoms with Crippen molar-refractivity contribution >= 4 is 28.1 Å². The lowest BCUT2D eigenvalue weighted by Gasteiger charge is -2.30. The Morgan fingerprint density at radius 2 is 1.47 bits per heavy atom. The van der Waals surface area contributed by atoms with Crippen LogP contribution in [-0.2, 0) is 14.1 Å². The van der Waals surface area contributed by atoms with Crippen LogP contribution >= 0.6 is 0 Å². The van der Waals surface area contributed by atoms with Gasteiger partial charge in [-0.25, -0.2) is 4.79 Å². The van der Waals surface area contributed by atoms with Crippen LogP contribution in [0.3, 0.4) is 0 Å². The van der Waals surface area contributed by atoms with Crippen LogP contribution in [0.4, 0.5) is 5.82 Å². The molecule has 0 amide bonds. The van der Waals surface area contributed by atoms with E-state index in [9.17, 15) is 14.4 Å². The van der Waals surface area contributed by atoms with Crippen LogP contribution < -0.4 is 16.6 Å². The van der Waals surface area contributed by atoms with Gasteiger partial charge in [0.25, 0.3) is 5.56 Å².